The number of aliphatic hydroxyl groups excluding tert-OH is 1. The van der Waals surface area contributed by atoms with E-state index in [-0.39, 0.29) is 16.7 Å². The van der Waals surface area contributed by atoms with Crippen molar-refractivity contribution in [3.05, 3.63) is 101 Å². The maximum absolute atomic E-state index is 14.8. The van der Waals surface area contributed by atoms with Crippen molar-refractivity contribution in [3.63, 3.8) is 0 Å². The Morgan fingerprint density at radius 3 is 2.27 bits per heavy atom. The zero-order valence-corrected chi connectivity index (χ0v) is 16.1. The highest BCUT2D eigenvalue weighted by Crippen LogP contribution is 2.43. The fourth-order valence-corrected chi connectivity index (χ4v) is 3.66. The average Bonchev–Trinajstić information content (AvgIpc) is 3.04. The van der Waals surface area contributed by atoms with Crippen LogP contribution in [0.5, 0.6) is 5.75 Å². The lowest BCUT2D eigenvalue weighted by atomic mass is 9.94. The molecule has 0 saturated carbocycles. The SMILES string of the molecule is COc1ccccc1/C(O)=C1/C(=O)C(=O)N(c2ccccc2)C1c1ccccc1F. The molecule has 0 aromatic heterocycles. The van der Waals surface area contributed by atoms with Crippen LogP contribution < -0.4 is 9.64 Å². The van der Waals surface area contributed by atoms with Crippen LogP contribution in [0.25, 0.3) is 5.76 Å². The van der Waals surface area contributed by atoms with Crippen LogP contribution in [0.3, 0.4) is 0 Å². The van der Waals surface area contributed by atoms with Crippen molar-refractivity contribution in [2.24, 2.45) is 0 Å². The number of para-hydroxylation sites is 2. The highest BCUT2D eigenvalue weighted by atomic mass is 19.1. The lowest BCUT2D eigenvalue weighted by molar-refractivity contribution is -0.132. The number of methoxy groups -OCH3 is 1. The van der Waals surface area contributed by atoms with Crippen molar-refractivity contribution in [1.29, 1.82) is 0 Å². The van der Waals surface area contributed by atoms with Gasteiger partial charge in [-0.15, -0.1) is 0 Å². The van der Waals surface area contributed by atoms with E-state index in [2.05, 4.69) is 0 Å². The second-order valence-corrected chi connectivity index (χ2v) is 6.73. The number of anilines is 1. The number of nitrogens with zero attached hydrogens (tertiary/aromatic N) is 1. The van der Waals surface area contributed by atoms with E-state index in [1.807, 2.05) is 0 Å². The Hall–Kier alpha value is -3.93. The summed E-state index contributed by atoms with van der Waals surface area (Å²) in [7, 11) is 1.43. The second kappa shape index (κ2) is 7.83. The molecule has 5 nitrogen and oxygen atoms in total. The number of hydrogen-bond acceptors (Lipinski definition) is 4. The molecule has 150 valence electrons. The highest BCUT2D eigenvalue weighted by Gasteiger charge is 2.48. The molecule has 1 aliphatic rings. The van der Waals surface area contributed by atoms with Crippen LogP contribution in [0.4, 0.5) is 10.1 Å². The molecule has 0 bridgehead atoms. The number of benzene rings is 3. The molecule has 0 spiro atoms. The summed E-state index contributed by atoms with van der Waals surface area (Å²) < 4.78 is 20.1. The van der Waals surface area contributed by atoms with Gasteiger partial charge >= 0.3 is 0 Å². The molecule has 6 heteroatoms. The van der Waals surface area contributed by atoms with E-state index in [0.717, 1.165) is 0 Å². The Morgan fingerprint density at radius 2 is 1.57 bits per heavy atom. The van der Waals surface area contributed by atoms with Gasteiger partial charge in [-0.05, 0) is 30.3 Å². The minimum atomic E-state index is -1.13. The Bertz CT molecular complexity index is 1160. The molecule has 1 unspecified atom stereocenters. The summed E-state index contributed by atoms with van der Waals surface area (Å²) in [6.45, 7) is 0. The fraction of sp³-hybridized carbons (Fsp3) is 0.0833. The Kier molecular flexibility index (Phi) is 5.06. The van der Waals surface area contributed by atoms with E-state index in [1.54, 1.807) is 60.7 Å². The number of aliphatic hydroxyl groups is 1. The summed E-state index contributed by atoms with van der Waals surface area (Å²) in [5.74, 6) is -2.41. The van der Waals surface area contributed by atoms with Crippen molar-refractivity contribution in [1.82, 2.24) is 0 Å². The minimum Gasteiger partial charge on any atom is -0.507 e. The van der Waals surface area contributed by atoms with E-state index < -0.39 is 29.3 Å². The molecule has 0 radical (unpaired) electrons. The van der Waals surface area contributed by atoms with Gasteiger partial charge < -0.3 is 9.84 Å². The molecule has 3 aromatic rings. The number of amides is 1. The number of hydrogen-bond donors (Lipinski definition) is 1. The van der Waals surface area contributed by atoms with E-state index in [4.69, 9.17) is 4.74 Å². The number of ether oxygens (including phenoxy) is 1. The lowest BCUT2D eigenvalue weighted by Crippen LogP contribution is -2.29. The van der Waals surface area contributed by atoms with Gasteiger partial charge in [0.15, 0.2) is 0 Å². The number of carbonyl (C=O) groups excluding carboxylic acids is 2. The van der Waals surface area contributed by atoms with Crippen molar-refractivity contribution < 1.29 is 23.8 Å². The predicted molar refractivity (Wildman–Crippen MR) is 111 cm³/mol. The predicted octanol–water partition coefficient (Wildman–Crippen LogP) is 4.46. The molecule has 0 aliphatic carbocycles. The zero-order chi connectivity index (χ0) is 21.3. The normalized spacial score (nSPS) is 17.9. The molecule has 3 aromatic carbocycles. The molecule has 1 saturated heterocycles. The second-order valence-electron chi connectivity index (χ2n) is 6.73. The number of rotatable bonds is 4. The standard InChI is InChI=1S/C24H18FNO4/c1-30-19-14-8-6-12-17(19)22(27)20-21(16-11-5-7-13-18(16)25)26(24(29)23(20)28)15-9-3-2-4-10-15/h2-14,21,27H,1H3/b22-20-. The summed E-state index contributed by atoms with van der Waals surface area (Å²) in [4.78, 5) is 27.2. The van der Waals surface area contributed by atoms with Gasteiger partial charge in [-0.1, -0.05) is 48.5 Å². The first-order valence-electron chi connectivity index (χ1n) is 9.28. The van der Waals surface area contributed by atoms with Crippen LogP contribution in [0.15, 0.2) is 84.4 Å². The number of ketones is 1. The third-order valence-electron chi connectivity index (χ3n) is 5.04. The van der Waals surface area contributed by atoms with Crippen LogP contribution in [0.1, 0.15) is 17.2 Å². The van der Waals surface area contributed by atoms with Crippen LogP contribution in [-0.4, -0.2) is 23.9 Å². The fourth-order valence-electron chi connectivity index (χ4n) is 3.66. The molecule has 1 atom stereocenters. The van der Waals surface area contributed by atoms with Crippen molar-refractivity contribution in [2.45, 2.75) is 6.04 Å². The van der Waals surface area contributed by atoms with Crippen molar-refractivity contribution >= 4 is 23.1 Å². The maximum Gasteiger partial charge on any atom is 0.300 e. The molecule has 4 rings (SSSR count). The first-order chi connectivity index (χ1) is 14.5. The molecule has 30 heavy (non-hydrogen) atoms. The highest BCUT2D eigenvalue weighted by molar-refractivity contribution is 6.51. The molecule has 1 amide bonds. The third-order valence-corrected chi connectivity index (χ3v) is 5.04. The number of Topliss-reactive ketones (excluding diaryl/α,β-unsaturated/α-hetero) is 1. The smallest absolute Gasteiger partial charge is 0.300 e. The van der Waals surface area contributed by atoms with Crippen LogP contribution in [0, 0.1) is 5.82 Å². The van der Waals surface area contributed by atoms with E-state index in [1.165, 1.54) is 30.2 Å². The van der Waals surface area contributed by atoms with Crippen LogP contribution in [-0.2, 0) is 9.59 Å². The first-order valence-corrected chi connectivity index (χ1v) is 9.28. The molecule has 1 heterocycles. The quantitative estimate of drug-likeness (QED) is 0.397. The van der Waals surface area contributed by atoms with Gasteiger partial charge in [-0.2, -0.15) is 0 Å². The maximum atomic E-state index is 14.8. The molecular formula is C24H18FNO4. The van der Waals surface area contributed by atoms with Crippen molar-refractivity contribution in [3.8, 4) is 5.75 Å². The van der Waals surface area contributed by atoms with Gasteiger partial charge in [0, 0.05) is 11.3 Å². The summed E-state index contributed by atoms with van der Waals surface area (Å²) in [5, 5.41) is 11.1. The Labute approximate surface area is 172 Å². The summed E-state index contributed by atoms with van der Waals surface area (Å²) >= 11 is 0. The van der Waals surface area contributed by atoms with Gasteiger partial charge in [0.2, 0.25) is 0 Å². The minimum absolute atomic E-state index is 0.108. The van der Waals surface area contributed by atoms with E-state index in [0.29, 0.717) is 11.4 Å². The zero-order valence-electron chi connectivity index (χ0n) is 16.1. The van der Waals surface area contributed by atoms with Gasteiger partial charge in [0.05, 0.1) is 24.3 Å². The van der Waals surface area contributed by atoms with Crippen LogP contribution >= 0.6 is 0 Å². The number of halogens is 1. The molecule has 1 fully saturated rings. The van der Waals surface area contributed by atoms with Gasteiger partial charge in [0.25, 0.3) is 11.7 Å². The Morgan fingerprint density at radius 1 is 0.933 bits per heavy atom. The summed E-state index contributed by atoms with van der Waals surface area (Å²) in [6, 6.07) is 19.9. The topological polar surface area (TPSA) is 66.8 Å². The van der Waals surface area contributed by atoms with E-state index in [9.17, 15) is 19.1 Å². The molecule has 1 aliphatic heterocycles. The monoisotopic (exact) mass is 403 g/mol. The van der Waals surface area contributed by atoms with Crippen molar-refractivity contribution in [2.75, 3.05) is 12.0 Å². The lowest BCUT2D eigenvalue weighted by Gasteiger charge is -2.25. The summed E-state index contributed by atoms with van der Waals surface area (Å²) in [6.07, 6.45) is 0. The van der Waals surface area contributed by atoms with Gasteiger partial charge in [-0.25, -0.2) is 4.39 Å². The number of carbonyl (C=O) groups is 2. The first kappa shape index (κ1) is 19.4. The van der Waals surface area contributed by atoms with E-state index >= 15 is 0 Å². The van der Waals surface area contributed by atoms with Gasteiger partial charge in [0.1, 0.15) is 17.3 Å². The Balaban J connectivity index is 2.00. The third kappa shape index (κ3) is 3.12. The average molecular weight is 403 g/mol. The van der Waals surface area contributed by atoms with Gasteiger partial charge in [-0.3, -0.25) is 14.5 Å². The summed E-state index contributed by atoms with van der Waals surface area (Å²) in [5.41, 5.74) is 0.579. The van der Waals surface area contributed by atoms with Crippen LogP contribution in [0.2, 0.25) is 0 Å². The largest absolute Gasteiger partial charge is 0.507 e. The molecule has 1 N–H and O–H groups in total. The molecular weight excluding hydrogens is 385 g/mol.